The number of aromatic nitrogens is 1. The highest BCUT2D eigenvalue weighted by atomic mass is 32.2. The zero-order valence-electron chi connectivity index (χ0n) is 8.63. The zero-order chi connectivity index (χ0) is 10.5. The molecule has 1 aliphatic rings. The van der Waals surface area contributed by atoms with Gasteiger partial charge in [-0.15, -0.1) is 0 Å². The van der Waals surface area contributed by atoms with Crippen LogP contribution in [0.2, 0.25) is 0 Å². The highest BCUT2D eigenvalue weighted by molar-refractivity contribution is 7.99. The second-order valence-electron chi connectivity index (χ2n) is 3.79. The smallest absolute Gasteiger partial charge is 0.137 e. The van der Waals surface area contributed by atoms with E-state index in [1.807, 2.05) is 23.9 Å². The predicted octanol–water partition coefficient (Wildman–Crippen LogP) is 1.54. The van der Waals surface area contributed by atoms with Crippen molar-refractivity contribution in [2.75, 3.05) is 18.1 Å². The van der Waals surface area contributed by atoms with Crippen molar-refractivity contribution in [3.05, 3.63) is 24.5 Å². The molecule has 2 heterocycles. The summed E-state index contributed by atoms with van der Waals surface area (Å²) >= 11 is 1.98. The first-order valence-corrected chi connectivity index (χ1v) is 6.38. The van der Waals surface area contributed by atoms with Gasteiger partial charge in [0.15, 0.2) is 0 Å². The number of hydrogen-bond acceptors (Lipinski definition) is 4. The molecular weight excluding hydrogens is 208 g/mol. The van der Waals surface area contributed by atoms with Crippen LogP contribution in [0, 0.1) is 5.92 Å². The molecule has 2 unspecified atom stereocenters. The van der Waals surface area contributed by atoms with Gasteiger partial charge in [-0.25, -0.2) is 0 Å². The van der Waals surface area contributed by atoms with Crippen LogP contribution >= 0.6 is 11.8 Å². The molecule has 4 heteroatoms. The molecule has 0 spiro atoms. The number of ether oxygens (including phenoxy) is 1. The summed E-state index contributed by atoms with van der Waals surface area (Å²) in [6, 6.07) is 3.93. The fourth-order valence-corrected chi connectivity index (χ4v) is 3.00. The van der Waals surface area contributed by atoms with E-state index in [2.05, 4.69) is 4.98 Å². The van der Waals surface area contributed by atoms with Crippen molar-refractivity contribution in [1.29, 1.82) is 0 Å². The topological polar surface area (TPSA) is 48.1 Å². The highest BCUT2D eigenvalue weighted by Crippen LogP contribution is 2.25. The van der Waals surface area contributed by atoms with Crippen molar-refractivity contribution in [2.24, 2.45) is 11.7 Å². The fraction of sp³-hybridized carbons (Fsp3) is 0.545. The lowest BCUT2D eigenvalue weighted by atomic mass is 10.0. The van der Waals surface area contributed by atoms with E-state index in [9.17, 15) is 0 Å². The average Bonchev–Trinajstić information content (AvgIpc) is 2.81. The molecule has 1 aliphatic heterocycles. The molecule has 0 radical (unpaired) electrons. The van der Waals surface area contributed by atoms with Crippen LogP contribution in [0.4, 0.5) is 0 Å². The molecule has 0 amide bonds. The molecule has 0 bridgehead atoms. The molecular formula is C11H16N2OS. The van der Waals surface area contributed by atoms with Gasteiger partial charge >= 0.3 is 0 Å². The number of pyridine rings is 1. The number of thioether (sulfide) groups is 1. The molecule has 3 nitrogen and oxygen atoms in total. The van der Waals surface area contributed by atoms with Crippen LogP contribution in [-0.4, -0.2) is 29.1 Å². The van der Waals surface area contributed by atoms with Crippen molar-refractivity contribution in [1.82, 2.24) is 4.98 Å². The lowest BCUT2D eigenvalue weighted by Crippen LogP contribution is -2.35. The Kier molecular flexibility index (Phi) is 3.86. The van der Waals surface area contributed by atoms with E-state index < -0.39 is 0 Å². The van der Waals surface area contributed by atoms with Crippen LogP contribution in [0.3, 0.4) is 0 Å². The number of nitrogens with two attached hydrogens (primary N) is 1. The molecule has 1 saturated heterocycles. The summed E-state index contributed by atoms with van der Waals surface area (Å²) in [5.41, 5.74) is 6.07. The molecule has 2 atom stereocenters. The Morgan fingerprint density at radius 3 is 3.27 bits per heavy atom. The minimum Gasteiger partial charge on any atom is -0.490 e. The van der Waals surface area contributed by atoms with Gasteiger partial charge in [0.2, 0.25) is 0 Å². The molecule has 2 N–H and O–H groups in total. The maximum Gasteiger partial charge on any atom is 0.137 e. The third-order valence-corrected chi connectivity index (χ3v) is 3.84. The van der Waals surface area contributed by atoms with Gasteiger partial charge in [0.1, 0.15) is 12.4 Å². The summed E-state index contributed by atoms with van der Waals surface area (Å²) < 4.78 is 5.58. The maximum atomic E-state index is 6.07. The van der Waals surface area contributed by atoms with Crippen molar-refractivity contribution in [2.45, 2.75) is 12.5 Å². The van der Waals surface area contributed by atoms with Gasteiger partial charge in [-0.1, -0.05) is 0 Å². The molecule has 1 aromatic rings. The summed E-state index contributed by atoms with van der Waals surface area (Å²) in [4.78, 5) is 3.99. The van der Waals surface area contributed by atoms with E-state index in [4.69, 9.17) is 10.5 Å². The lowest BCUT2D eigenvalue weighted by Gasteiger charge is -2.18. The number of hydrogen-bond donors (Lipinski definition) is 1. The van der Waals surface area contributed by atoms with Gasteiger partial charge in [0.25, 0.3) is 0 Å². The van der Waals surface area contributed by atoms with E-state index in [0.717, 1.165) is 5.75 Å². The predicted molar refractivity (Wildman–Crippen MR) is 63.1 cm³/mol. The van der Waals surface area contributed by atoms with Gasteiger partial charge in [0.05, 0.1) is 6.20 Å². The highest BCUT2D eigenvalue weighted by Gasteiger charge is 2.22. The maximum absolute atomic E-state index is 6.07. The summed E-state index contributed by atoms with van der Waals surface area (Å²) in [5, 5.41) is 0. The van der Waals surface area contributed by atoms with E-state index >= 15 is 0 Å². The molecule has 0 aromatic carbocycles. The van der Waals surface area contributed by atoms with E-state index in [0.29, 0.717) is 12.5 Å². The second kappa shape index (κ2) is 5.37. The summed E-state index contributed by atoms with van der Waals surface area (Å²) in [6.07, 6.45) is 4.68. The van der Waals surface area contributed by atoms with Crippen molar-refractivity contribution < 1.29 is 4.74 Å². The Labute approximate surface area is 94.4 Å². The SMILES string of the molecule is NC(COc1cccnc1)C1CCSC1. The largest absolute Gasteiger partial charge is 0.490 e. The molecule has 15 heavy (non-hydrogen) atoms. The Morgan fingerprint density at radius 2 is 2.60 bits per heavy atom. The Bertz CT molecular complexity index is 288. The van der Waals surface area contributed by atoms with Crippen LogP contribution in [0.25, 0.3) is 0 Å². The van der Waals surface area contributed by atoms with Crippen LogP contribution in [-0.2, 0) is 0 Å². The molecule has 0 saturated carbocycles. The van der Waals surface area contributed by atoms with Crippen LogP contribution in [0.15, 0.2) is 24.5 Å². The first-order chi connectivity index (χ1) is 7.36. The fourth-order valence-electron chi connectivity index (χ4n) is 1.65. The third-order valence-electron chi connectivity index (χ3n) is 2.65. The van der Waals surface area contributed by atoms with Crippen LogP contribution in [0.5, 0.6) is 5.75 Å². The van der Waals surface area contributed by atoms with Crippen LogP contribution in [0.1, 0.15) is 6.42 Å². The minimum atomic E-state index is 0.153. The number of nitrogens with zero attached hydrogens (tertiary/aromatic N) is 1. The van der Waals surface area contributed by atoms with Gasteiger partial charge < -0.3 is 10.5 Å². The average molecular weight is 224 g/mol. The third kappa shape index (κ3) is 3.11. The van der Waals surface area contributed by atoms with Gasteiger partial charge in [-0.05, 0) is 36.0 Å². The second-order valence-corrected chi connectivity index (χ2v) is 4.94. The number of rotatable bonds is 4. The van der Waals surface area contributed by atoms with Crippen molar-refractivity contribution in [3.63, 3.8) is 0 Å². The van der Waals surface area contributed by atoms with Gasteiger partial charge in [-0.2, -0.15) is 11.8 Å². The molecule has 82 valence electrons. The summed E-state index contributed by atoms with van der Waals surface area (Å²) in [6.45, 7) is 0.594. The Hall–Kier alpha value is -0.740. The van der Waals surface area contributed by atoms with E-state index in [-0.39, 0.29) is 6.04 Å². The van der Waals surface area contributed by atoms with Crippen molar-refractivity contribution in [3.8, 4) is 5.75 Å². The van der Waals surface area contributed by atoms with Crippen LogP contribution < -0.4 is 10.5 Å². The van der Waals surface area contributed by atoms with E-state index in [1.165, 1.54) is 17.9 Å². The summed E-state index contributed by atoms with van der Waals surface area (Å²) in [5.74, 6) is 3.84. The molecule has 0 aliphatic carbocycles. The first-order valence-electron chi connectivity index (χ1n) is 5.22. The van der Waals surface area contributed by atoms with Gasteiger partial charge in [-0.3, -0.25) is 4.98 Å². The standard InChI is InChI=1S/C11H16N2OS/c12-11(9-3-5-15-8-9)7-14-10-2-1-4-13-6-10/h1-2,4,6,9,11H,3,5,7-8,12H2. The molecule has 2 rings (SSSR count). The Balaban J connectivity index is 1.77. The Morgan fingerprint density at radius 1 is 1.67 bits per heavy atom. The molecule has 1 fully saturated rings. The van der Waals surface area contributed by atoms with Crippen molar-refractivity contribution >= 4 is 11.8 Å². The quantitative estimate of drug-likeness (QED) is 0.843. The minimum absolute atomic E-state index is 0.153. The normalized spacial score (nSPS) is 22.6. The monoisotopic (exact) mass is 224 g/mol. The summed E-state index contributed by atoms with van der Waals surface area (Å²) in [7, 11) is 0. The van der Waals surface area contributed by atoms with Gasteiger partial charge in [0, 0.05) is 12.2 Å². The lowest BCUT2D eigenvalue weighted by molar-refractivity contribution is 0.254. The molecule has 1 aromatic heterocycles. The zero-order valence-corrected chi connectivity index (χ0v) is 9.45. The first kappa shape index (κ1) is 10.8. The van der Waals surface area contributed by atoms with E-state index in [1.54, 1.807) is 12.4 Å².